The van der Waals surface area contributed by atoms with Gasteiger partial charge in [0.15, 0.2) is 0 Å². The Bertz CT molecular complexity index is 450. The van der Waals surface area contributed by atoms with Crippen LogP contribution in [-0.4, -0.2) is 56.6 Å². The monoisotopic (exact) mass is 289 g/mol. The zero-order chi connectivity index (χ0) is 15.4. The predicted molar refractivity (Wildman–Crippen MR) is 90.9 cm³/mol. The van der Waals surface area contributed by atoms with E-state index < -0.39 is 0 Å². The first kappa shape index (κ1) is 16.5. The molecule has 1 fully saturated rings. The maximum absolute atomic E-state index is 3.51. The summed E-state index contributed by atoms with van der Waals surface area (Å²) in [5.74, 6) is 0. The number of likely N-dealkylation sites (tertiary alicyclic amines) is 1. The summed E-state index contributed by atoms with van der Waals surface area (Å²) in [6.07, 6.45) is 2.58. The van der Waals surface area contributed by atoms with E-state index >= 15 is 0 Å². The Morgan fingerprint density at radius 1 is 1.29 bits per heavy atom. The molecule has 0 bridgehead atoms. The van der Waals surface area contributed by atoms with Gasteiger partial charge in [0.2, 0.25) is 0 Å². The van der Waals surface area contributed by atoms with Crippen LogP contribution < -0.4 is 5.32 Å². The molecule has 118 valence electrons. The van der Waals surface area contributed by atoms with Crippen LogP contribution in [0.5, 0.6) is 0 Å². The number of aryl methyl sites for hydroxylation is 2. The van der Waals surface area contributed by atoms with E-state index in [0.29, 0.717) is 6.04 Å². The Labute approximate surface area is 130 Å². The maximum Gasteiger partial charge on any atom is 0.0449 e. The van der Waals surface area contributed by atoms with E-state index in [9.17, 15) is 0 Å². The molecule has 3 nitrogen and oxygen atoms in total. The quantitative estimate of drug-likeness (QED) is 0.899. The van der Waals surface area contributed by atoms with Gasteiger partial charge < -0.3 is 15.1 Å². The molecule has 0 amide bonds. The summed E-state index contributed by atoms with van der Waals surface area (Å²) in [7, 11) is 6.59. The average molecular weight is 289 g/mol. The van der Waals surface area contributed by atoms with Crippen LogP contribution in [0.4, 0.5) is 0 Å². The van der Waals surface area contributed by atoms with Crippen molar-refractivity contribution in [2.45, 2.75) is 38.8 Å². The highest BCUT2D eigenvalue weighted by atomic mass is 15.2. The van der Waals surface area contributed by atoms with Gasteiger partial charge in [-0.15, -0.1) is 0 Å². The molecular weight excluding hydrogens is 258 g/mol. The minimum atomic E-state index is 0.412. The Morgan fingerprint density at radius 3 is 2.57 bits per heavy atom. The molecular formula is C18H31N3. The molecule has 0 spiro atoms. The molecule has 2 rings (SSSR count). The van der Waals surface area contributed by atoms with Gasteiger partial charge in [-0.2, -0.15) is 0 Å². The highest BCUT2D eigenvalue weighted by Gasteiger charge is 2.23. The van der Waals surface area contributed by atoms with Crippen LogP contribution in [0, 0.1) is 13.8 Å². The van der Waals surface area contributed by atoms with Gasteiger partial charge in [-0.3, -0.25) is 0 Å². The highest BCUT2D eigenvalue weighted by Crippen LogP contribution is 2.22. The second-order valence-corrected chi connectivity index (χ2v) is 6.68. The number of hydrogen-bond acceptors (Lipinski definition) is 3. The van der Waals surface area contributed by atoms with Crippen LogP contribution in [0.3, 0.4) is 0 Å². The van der Waals surface area contributed by atoms with Crippen LogP contribution in [0.15, 0.2) is 18.2 Å². The molecule has 1 saturated heterocycles. The molecule has 0 radical (unpaired) electrons. The number of likely N-dealkylation sites (N-methyl/N-ethyl adjacent to an activating group) is 2. The molecule has 1 unspecified atom stereocenters. The lowest BCUT2D eigenvalue weighted by Crippen LogP contribution is -2.44. The fourth-order valence-electron chi connectivity index (χ4n) is 3.35. The van der Waals surface area contributed by atoms with Crippen molar-refractivity contribution >= 4 is 0 Å². The van der Waals surface area contributed by atoms with Crippen molar-refractivity contribution in [1.82, 2.24) is 15.1 Å². The summed E-state index contributed by atoms with van der Waals surface area (Å²) in [6, 6.07) is 7.91. The SMILES string of the molecule is CNC(CN(C)C1CCN(C)CC1)c1cc(C)ccc1C. The van der Waals surface area contributed by atoms with E-state index in [4.69, 9.17) is 0 Å². The molecule has 1 atom stereocenters. The van der Waals surface area contributed by atoms with Crippen molar-refractivity contribution < 1.29 is 0 Å². The number of rotatable bonds is 5. The lowest BCUT2D eigenvalue weighted by Gasteiger charge is -2.37. The van der Waals surface area contributed by atoms with Crippen LogP contribution in [0.2, 0.25) is 0 Å². The molecule has 1 aliphatic heterocycles. The Balaban J connectivity index is 2.03. The minimum absolute atomic E-state index is 0.412. The second kappa shape index (κ2) is 7.39. The van der Waals surface area contributed by atoms with Crippen molar-refractivity contribution in [2.75, 3.05) is 40.8 Å². The molecule has 3 heteroatoms. The molecule has 1 aromatic carbocycles. The lowest BCUT2D eigenvalue weighted by molar-refractivity contribution is 0.135. The second-order valence-electron chi connectivity index (χ2n) is 6.68. The average Bonchev–Trinajstić information content (AvgIpc) is 2.48. The molecule has 0 saturated carbocycles. The van der Waals surface area contributed by atoms with E-state index in [-0.39, 0.29) is 0 Å². The summed E-state index contributed by atoms with van der Waals surface area (Å²) in [5.41, 5.74) is 4.17. The highest BCUT2D eigenvalue weighted by molar-refractivity contribution is 5.33. The molecule has 1 aliphatic rings. The van der Waals surface area contributed by atoms with Gasteiger partial charge >= 0.3 is 0 Å². The van der Waals surface area contributed by atoms with E-state index in [1.54, 1.807) is 0 Å². The van der Waals surface area contributed by atoms with E-state index in [1.165, 1.54) is 42.6 Å². The summed E-state index contributed by atoms with van der Waals surface area (Å²) in [4.78, 5) is 4.99. The Kier molecular flexibility index (Phi) is 5.80. The van der Waals surface area contributed by atoms with Crippen molar-refractivity contribution in [3.8, 4) is 0 Å². The molecule has 21 heavy (non-hydrogen) atoms. The molecule has 1 aromatic rings. The zero-order valence-corrected chi connectivity index (χ0v) is 14.3. The fraction of sp³-hybridized carbons (Fsp3) is 0.667. The maximum atomic E-state index is 3.51. The largest absolute Gasteiger partial charge is 0.312 e. The Hall–Kier alpha value is -0.900. The van der Waals surface area contributed by atoms with Gasteiger partial charge in [0.25, 0.3) is 0 Å². The zero-order valence-electron chi connectivity index (χ0n) is 14.3. The Morgan fingerprint density at radius 2 is 1.95 bits per heavy atom. The van der Waals surface area contributed by atoms with Gasteiger partial charge in [-0.1, -0.05) is 23.8 Å². The fourth-order valence-corrected chi connectivity index (χ4v) is 3.35. The van der Waals surface area contributed by atoms with Crippen molar-refractivity contribution in [3.05, 3.63) is 34.9 Å². The number of nitrogens with zero attached hydrogens (tertiary/aromatic N) is 2. The number of piperidine rings is 1. The van der Waals surface area contributed by atoms with Crippen LogP contribution in [0.1, 0.15) is 35.6 Å². The van der Waals surface area contributed by atoms with Gasteiger partial charge in [0, 0.05) is 18.6 Å². The van der Waals surface area contributed by atoms with Crippen molar-refractivity contribution in [1.29, 1.82) is 0 Å². The third-order valence-corrected chi connectivity index (χ3v) is 4.94. The van der Waals surface area contributed by atoms with Crippen LogP contribution in [0.25, 0.3) is 0 Å². The first-order chi connectivity index (χ1) is 10.0. The van der Waals surface area contributed by atoms with Crippen molar-refractivity contribution in [3.63, 3.8) is 0 Å². The van der Waals surface area contributed by atoms with Gasteiger partial charge in [0.05, 0.1) is 0 Å². The number of hydrogen-bond donors (Lipinski definition) is 1. The standard InChI is InChI=1S/C18H31N3/c1-14-6-7-15(2)17(12-14)18(19-3)13-21(5)16-8-10-20(4)11-9-16/h6-7,12,16,18-19H,8-11,13H2,1-5H3. The first-order valence-electron chi connectivity index (χ1n) is 8.14. The molecule has 0 aliphatic carbocycles. The summed E-state index contributed by atoms with van der Waals surface area (Å²) in [5, 5.41) is 3.51. The smallest absolute Gasteiger partial charge is 0.0449 e. The van der Waals surface area contributed by atoms with Gasteiger partial charge in [0.1, 0.15) is 0 Å². The normalized spacial score (nSPS) is 19.1. The summed E-state index contributed by atoms with van der Waals surface area (Å²) < 4.78 is 0. The molecule has 0 aromatic heterocycles. The van der Waals surface area contributed by atoms with Crippen LogP contribution >= 0.6 is 0 Å². The first-order valence-corrected chi connectivity index (χ1v) is 8.14. The third-order valence-electron chi connectivity index (χ3n) is 4.94. The van der Waals surface area contributed by atoms with E-state index in [1.807, 2.05) is 0 Å². The summed E-state index contributed by atoms with van der Waals surface area (Å²) >= 11 is 0. The number of benzene rings is 1. The lowest BCUT2D eigenvalue weighted by atomic mass is 9.97. The number of nitrogens with one attached hydrogen (secondary N) is 1. The minimum Gasteiger partial charge on any atom is -0.312 e. The van der Waals surface area contributed by atoms with E-state index in [2.05, 4.69) is 68.3 Å². The van der Waals surface area contributed by atoms with Crippen molar-refractivity contribution in [2.24, 2.45) is 0 Å². The van der Waals surface area contributed by atoms with Crippen LogP contribution in [-0.2, 0) is 0 Å². The van der Waals surface area contributed by atoms with Gasteiger partial charge in [-0.05, 0) is 72.0 Å². The topological polar surface area (TPSA) is 18.5 Å². The predicted octanol–water partition coefficient (Wildman–Crippen LogP) is 2.59. The van der Waals surface area contributed by atoms with E-state index in [0.717, 1.165) is 12.6 Å². The van der Waals surface area contributed by atoms with Gasteiger partial charge in [-0.25, -0.2) is 0 Å². The molecule has 1 N–H and O–H groups in total. The third kappa shape index (κ3) is 4.29. The molecule has 1 heterocycles. The summed E-state index contributed by atoms with van der Waals surface area (Å²) in [6.45, 7) is 7.92.